The zero-order valence-electron chi connectivity index (χ0n) is 11.8. The van der Waals surface area contributed by atoms with Crippen LogP contribution in [0.2, 0.25) is 5.02 Å². The number of hydrogen-bond donors (Lipinski definition) is 2. The Morgan fingerprint density at radius 1 is 1.23 bits per heavy atom. The maximum absolute atomic E-state index is 13.6. The first-order chi connectivity index (χ1) is 10.1. The maximum atomic E-state index is 13.6. The molecule has 0 fully saturated rings. The highest BCUT2D eigenvalue weighted by molar-refractivity contribution is 6.31. The van der Waals surface area contributed by atoms with E-state index in [0.29, 0.717) is 22.8 Å². The summed E-state index contributed by atoms with van der Waals surface area (Å²) in [4.78, 5) is 0. The SMILES string of the molecule is Cl.NC(CCO)c1cccc(OCc2c(F)cccc2Cl)c1. The second kappa shape index (κ2) is 8.96. The Morgan fingerprint density at radius 2 is 1.95 bits per heavy atom. The Labute approximate surface area is 140 Å². The predicted octanol–water partition coefficient (Wildman–Crippen LogP) is 3.86. The van der Waals surface area contributed by atoms with Gasteiger partial charge < -0.3 is 15.6 Å². The summed E-state index contributed by atoms with van der Waals surface area (Å²) in [6.45, 7) is 0.0707. The minimum Gasteiger partial charge on any atom is -0.489 e. The zero-order chi connectivity index (χ0) is 15.2. The summed E-state index contributed by atoms with van der Waals surface area (Å²) in [5, 5.41) is 9.25. The van der Waals surface area contributed by atoms with Gasteiger partial charge in [0.25, 0.3) is 0 Å². The molecule has 2 aromatic rings. The molecule has 0 saturated heterocycles. The molecule has 0 heterocycles. The van der Waals surface area contributed by atoms with Gasteiger partial charge in [-0.1, -0.05) is 29.8 Å². The first-order valence-corrected chi connectivity index (χ1v) is 7.01. The largest absolute Gasteiger partial charge is 0.489 e. The zero-order valence-corrected chi connectivity index (χ0v) is 13.4. The Morgan fingerprint density at radius 3 is 2.64 bits per heavy atom. The number of ether oxygens (including phenoxy) is 1. The fourth-order valence-electron chi connectivity index (χ4n) is 1.97. The molecule has 1 atom stereocenters. The summed E-state index contributed by atoms with van der Waals surface area (Å²) in [6.07, 6.45) is 0.475. The lowest BCUT2D eigenvalue weighted by atomic mass is 10.1. The fraction of sp³-hybridized carbons (Fsp3) is 0.250. The molecule has 1 unspecified atom stereocenters. The molecule has 0 saturated carbocycles. The van der Waals surface area contributed by atoms with E-state index in [0.717, 1.165) is 5.56 Å². The maximum Gasteiger partial charge on any atom is 0.131 e. The molecule has 2 aromatic carbocycles. The Balaban J connectivity index is 0.00000242. The summed E-state index contributed by atoms with van der Waals surface area (Å²) >= 11 is 5.95. The van der Waals surface area contributed by atoms with Gasteiger partial charge in [0, 0.05) is 18.2 Å². The lowest BCUT2D eigenvalue weighted by Gasteiger charge is -2.13. The summed E-state index contributed by atoms with van der Waals surface area (Å²) in [5.41, 5.74) is 7.12. The summed E-state index contributed by atoms with van der Waals surface area (Å²) in [7, 11) is 0. The second-order valence-electron chi connectivity index (χ2n) is 4.68. The van der Waals surface area contributed by atoms with Crippen molar-refractivity contribution in [3.8, 4) is 5.75 Å². The smallest absolute Gasteiger partial charge is 0.131 e. The molecule has 0 radical (unpaired) electrons. The number of halogens is 3. The highest BCUT2D eigenvalue weighted by Gasteiger charge is 2.09. The molecular weight excluding hydrogens is 328 g/mol. The van der Waals surface area contributed by atoms with Gasteiger partial charge in [-0.25, -0.2) is 4.39 Å². The molecule has 0 aliphatic rings. The first kappa shape index (κ1) is 18.7. The van der Waals surface area contributed by atoms with Crippen molar-refractivity contribution in [1.82, 2.24) is 0 Å². The van der Waals surface area contributed by atoms with E-state index in [1.807, 2.05) is 12.1 Å². The third kappa shape index (κ3) is 4.85. The van der Waals surface area contributed by atoms with Crippen molar-refractivity contribution in [2.75, 3.05) is 6.61 Å². The standard InChI is InChI=1S/C16H17ClFNO2.ClH/c17-14-5-2-6-15(18)13(14)10-21-12-4-1-3-11(9-12)16(19)7-8-20;/h1-6,9,16,20H,7-8,10,19H2;1H. The molecule has 0 aromatic heterocycles. The third-order valence-electron chi connectivity index (χ3n) is 3.17. The van der Waals surface area contributed by atoms with Crippen molar-refractivity contribution >= 4 is 24.0 Å². The topological polar surface area (TPSA) is 55.5 Å². The molecule has 0 aliphatic heterocycles. The number of rotatable bonds is 6. The second-order valence-corrected chi connectivity index (χ2v) is 5.09. The van der Waals surface area contributed by atoms with Crippen molar-refractivity contribution in [3.63, 3.8) is 0 Å². The van der Waals surface area contributed by atoms with Crippen LogP contribution in [0.5, 0.6) is 5.75 Å². The van der Waals surface area contributed by atoms with E-state index in [2.05, 4.69) is 0 Å². The predicted molar refractivity (Wildman–Crippen MR) is 88.1 cm³/mol. The van der Waals surface area contributed by atoms with Crippen LogP contribution in [0.1, 0.15) is 23.6 Å². The van der Waals surface area contributed by atoms with E-state index in [1.165, 1.54) is 6.07 Å². The van der Waals surface area contributed by atoms with Gasteiger partial charge >= 0.3 is 0 Å². The van der Waals surface area contributed by atoms with Gasteiger partial charge in [-0.15, -0.1) is 12.4 Å². The third-order valence-corrected chi connectivity index (χ3v) is 3.53. The van der Waals surface area contributed by atoms with Crippen LogP contribution in [0.4, 0.5) is 4.39 Å². The molecule has 2 rings (SSSR count). The molecule has 3 N–H and O–H groups in total. The highest BCUT2D eigenvalue weighted by atomic mass is 35.5. The number of hydrogen-bond acceptors (Lipinski definition) is 3. The molecular formula is C16H18Cl2FNO2. The minimum atomic E-state index is -0.393. The molecule has 0 bridgehead atoms. The average molecular weight is 346 g/mol. The van der Waals surface area contributed by atoms with Gasteiger partial charge in [-0.05, 0) is 36.2 Å². The summed E-state index contributed by atoms with van der Waals surface area (Å²) in [5.74, 6) is 0.191. The van der Waals surface area contributed by atoms with E-state index in [-0.39, 0.29) is 31.7 Å². The number of nitrogens with two attached hydrogens (primary N) is 1. The minimum absolute atomic E-state index is 0. The lowest BCUT2D eigenvalue weighted by molar-refractivity contribution is 0.275. The van der Waals surface area contributed by atoms with E-state index in [4.69, 9.17) is 27.2 Å². The molecule has 0 spiro atoms. The normalized spacial score (nSPS) is 11.6. The van der Waals surface area contributed by atoms with E-state index >= 15 is 0 Å². The van der Waals surface area contributed by atoms with Crippen LogP contribution in [-0.4, -0.2) is 11.7 Å². The van der Waals surface area contributed by atoms with Gasteiger partial charge in [-0.3, -0.25) is 0 Å². The van der Waals surface area contributed by atoms with Crippen LogP contribution < -0.4 is 10.5 Å². The summed E-state index contributed by atoms with van der Waals surface area (Å²) in [6, 6.07) is 11.5. The van der Waals surface area contributed by atoms with E-state index < -0.39 is 5.82 Å². The van der Waals surface area contributed by atoms with Crippen LogP contribution in [0.3, 0.4) is 0 Å². The molecule has 0 aliphatic carbocycles. The molecule has 120 valence electrons. The molecule has 22 heavy (non-hydrogen) atoms. The van der Waals surface area contributed by atoms with Crippen molar-refractivity contribution in [1.29, 1.82) is 0 Å². The van der Waals surface area contributed by atoms with E-state index in [9.17, 15) is 4.39 Å². The first-order valence-electron chi connectivity index (χ1n) is 6.64. The molecule has 6 heteroatoms. The molecule has 3 nitrogen and oxygen atoms in total. The van der Waals surface area contributed by atoms with Gasteiger partial charge in [0.1, 0.15) is 18.2 Å². The van der Waals surface area contributed by atoms with Gasteiger partial charge in [0.2, 0.25) is 0 Å². The van der Waals surface area contributed by atoms with Crippen LogP contribution in [0.15, 0.2) is 42.5 Å². The van der Waals surface area contributed by atoms with Crippen molar-refractivity contribution in [3.05, 3.63) is 64.4 Å². The molecule has 0 amide bonds. The van der Waals surface area contributed by atoms with Crippen LogP contribution in [0.25, 0.3) is 0 Å². The van der Waals surface area contributed by atoms with Gasteiger partial charge in [-0.2, -0.15) is 0 Å². The Hall–Kier alpha value is -1.33. The van der Waals surface area contributed by atoms with Crippen molar-refractivity contribution in [2.24, 2.45) is 5.73 Å². The van der Waals surface area contributed by atoms with E-state index in [1.54, 1.807) is 24.3 Å². The highest BCUT2D eigenvalue weighted by Crippen LogP contribution is 2.23. The Bertz CT molecular complexity index is 590. The van der Waals surface area contributed by atoms with Crippen molar-refractivity contribution in [2.45, 2.75) is 19.1 Å². The van der Waals surface area contributed by atoms with Crippen LogP contribution in [-0.2, 0) is 6.61 Å². The average Bonchev–Trinajstić information content (AvgIpc) is 2.47. The Kier molecular flexibility index (Phi) is 7.62. The monoisotopic (exact) mass is 345 g/mol. The number of aliphatic hydroxyl groups excluding tert-OH is 1. The quantitative estimate of drug-likeness (QED) is 0.835. The van der Waals surface area contributed by atoms with Crippen LogP contribution >= 0.6 is 24.0 Å². The fourth-order valence-corrected chi connectivity index (χ4v) is 2.18. The summed E-state index contributed by atoms with van der Waals surface area (Å²) < 4.78 is 19.2. The van der Waals surface area contributed by atoms with Gasteiger partial charge in [0.05, 0.1) is 5.02 Å². The number of benzene rings is 2. The van der Waals surface area contributed by atoms with Crippen molar-refractivity contribution < 1.29 is 14.2 Å². The van der Waals surface area contributed by atoms with Crippen LogP contribution in [0, 0.1) is 5.82 Å². The van der Waals surface area contributed by atoms with Gasteiger partial charge in [0.15, 0.2) is 0 Å². The number of aliphatic hydroxyl groups is 1. The lowest BCUT2D eigenvalue weighted by Crippen LogP contribution is -2.12.